The molecule has 3 aromatic rings. The second-order valence-electron chi connectivity index (χ2n) is 7.37. The minimum absolute atomic E-state index is 0.156. The van der Waals surface area contributed by atoms with Gasteiger partial charge in [0, 0.05) is 37.7 Å². The van der Waals surface area contributed by atoms with Gasteiger partial charge >= 0.3 is 0 Å². The van der Waals surface area contributed by atoms with E-state index >= 15 is 0 Å². The van der Waals surface area contributed by atoms with Crippen LogP contribution in [0, 0.1) is 3.95 Å². The predicted molar refractivity (Wildman–Crippen MR) is 131 cm³/mol. The van der Waals surface area contributed by atoms with E-state index in [1.54, 1.807) is 4.68 Å². The van der Waals surface area contributed by atoms with Crippen LogP contribution in [0.25, 0.3) is 5.69 Å². The van der Waals surface area contributed by atoms with Crippen molar-refractivity contribution in [3.05, 3.63) is 69.1 Å². The van der Waals surface area contributed by atoms with Crippen LogP contribution in [0.1, 0.15) is 12.5 Å². The molecule has 2 aromatic carbocycles. The Morgan fingerprint density at radius 3 is 2.48 bits per heavy atom. The van der Waals surface area contributed by atoms with Crippen molar-refractivity contribution in [2.45, 2.75) is 23.1 Å². The number of halogens is 1. The van der Waals surface area contributed by atoms with Crippen LogP contribution in [0.3, 0.4) is 0 Å². The number of thioether (sulfide) groups is 1. The zero-order valence-corrected chi connectivity index (χ0v) is 20.3. The monoisotopic (exact) mass is 490 g/mol. The lowest BCUT2D eigenvalue weighted by molar-refractivity contribution is -0.132. The summed E-state index contributed by atoms with van der Waals surface area (Å²) in [6.45, 7) is 6.17. The molecule has 0 aliphatic carbocycles. The van der Waals surface area contributed by atoms with Crippen LogP contribution in [-0.2, 0) is 11.3 Å². The molecule has 1 amide bonds. The number of benzene rings is 2. The fraction of sp³-hybridized carbons (Fsp3) is 0.318. The summed E-state index contributed by atoms with van der Waals surface area (Å²) in [5.74, 6) is 0.156. The number of amides is 1. The maximum absolute atomic E-state index is 13.0. The van der Waals surface area contributed by atoms with Gasteiger partial charge in [0.1, 0.15) is 0 Å². The molecule has 162 valence electrons. The molecule has 1 fully saturated rings. The molecule has 0 radical (unpaired) electrons. The Labute approximate surface area is 200 Å². The molecular formula is C22H23ClN4OS3. The highest BCUT2D eigenvalue weighted by Crippen LogP contribution is 2.29. The topological polar surface area (TPSA) is 41.4 Å². The van der Waals surface area contributed by atoms with E-state index < -0.39 is 0 Å². The van der Waals surface area contributed by atoms with E-state index in [4.69, 9.17) is 23.8 Å². The van der Waals surface area contributed by atoms with Gasteiger partial charge in [0.05, 0.1) is 10.9 Å². The summed E-state index contributed by atoms with van der Waals surface area (Å²) in [6, 6.07) is 17.9. The maximum atomic E-state index is 13.0. The van der Waals surface area contributed by atoms with Crippen LogP contribution in [0.4, 0.5) is 0 Å². The molecule has 4 rings (SSSR count). The number of carbonyl (C=O) groups is 1. The summed E-state index contributed by atoms with van der Waals surface area (Å²) >= 11 is 14.3. The Morgan fingerprint density at radius 2 is 1.81 bits per heavy atom. The van der Waals surface area contributed by atoms with Crippen LogP contribution in [0.15, 0.2) is 58.9 Å². The molecule has 1 unspecified atom stereocenters. The van der Waals surface area contributed by atoms with E-state index in [9.17, 15) is 4.79 Å². The molecule has 1 aliphatic rings. The molecule has 1 aliphatic heterocycles. The predicted octanol–water partition coefficient (Wildman–Crippen LogP) is 5.14. The van der Waals surface area contributed by atoms with Crippen molar-refractivity contribution in [2.75, 3.05) is 26.2 Å². The third-order valence-electron chi connectivity index (χ3n) is 5.16. The fourth-order valence-corrected chi connectivity index (χ4v) is 6.20. The van der Waals surface area contributed by atoms with Crippen molar-refractivity contribution in [3.63, 3.8) is 0 Å². The first kappa shape index (κ1) is 22.5. The number of rotatable bonds is 6. The van der Waals surface area contributed by atoms with E-state index in [0.717, 1.165) is 42.8 Å². The summed E-state index contributed by atoms with van der Waals surface area (Å²) < 4.78 is 3.17. The Morgan fingerprint density at radius 1 is 1.13 bits per heavy atom. The first-order valence-electron chi connectivity index (χ1n) is 10.1. The molecule has 0 bridgehead atoms. The maximum Gasteiger partial charge on any atom is 0.235 e. The zero-order valence-electron chi connectivity index (χ0n) is 17.1. The van der Waals surface area contributed by atoms with Gasteiger partial charge in [-0.15, -0.1) is 5.10 Å². The molecular weight excluding hydrogens is 468 g/mol. The van der Waals surface area contributed by atoms with E-state index in [2.05, 4.69) is 34.3 Å². The lowest BCUT2D eigenvalue weighted by Crippen LogP contribution is -2.50. The lowest BCUT2D eigenvalue weighted by atomic mass is 10.2. The highest BCUT2D eigenvalue weighted by atomic mass is 35.5. The van der Waals surface area contributed by atoms with Gasteiger partial charge in [-0.1, -0.05) is 65.0 Å². The van der Waals surface area contributed by atoms with E-state index in [1.165, 1.54) is 28.7 Å². The number of aromatic nitrogens is 2. The van der Waals surface area contributed by atoms with Crippen LogP contribution in [0.2, 0.25) is 5.02 Å². The molecule has 1 atom stereocenters. The molecule has 0 saturated carbocycles. The molecule has 0 N–H and O–H groups in total. The summed E-state index contributed by atoms with van der Waals surface area (Å²) in [6.07, 6.45) is 0. The molecule has 0 spiro atoms. The summed E-state index contributed by atoms with van der Waals surface area (Å²) in [4.78, 5) is 17.3. The van der Waals surface area contributed by atoms with Gasteiger partial charge in [0.15, 0.2) is 8.29 Å². The van der Waals surface area contributed by atoms with Crippen LogP contribution in [0.5, 0.6) is 0 Å². The molecule has 5 nitrogen and oxygen atoms in total. The minimum atomic E-state index is -0.208. The van der Waals surface area contributed by atoms with Crippen molar-refractivity contribution in [1.82, 2.24) is 19.6 Å². The van der Waals surface area contributed by atoms with Crippen molar-refractivity contribution in [2.24, 2.45) is 0 Å². The van der Waals surface area contributed by atoms with Crippen molar-refractivity contribution >= 4 is 52.8 Å². The van der Waals surface area contributed by atoms with Gasteiger partial charge in [-0.05, 0) is 49.0 Å². The van der Waals surface area contributed by atoms with Crippen molar-refractivity contribution in [1.29, 1.82) is 0 Å². The van der Waals surface area contributed by atoms with Gasteiger partial charge in [-0.3, -0.25) is 9.69 Å². The fourth-order valence-electron chi connectivity index (χ4n) is 3.48. The second-order valence-corrected chi connectivity index (χ2v) is 11.0. The number of hydrogen-bond donors (Lipinski definition) is 0. The third kappa shape index (κ3) is 5.75. The Hall–Kier alpha value is -1.71. The molecule has 2 heterocycles. The smallest absolute Gasteiger partial charge is 0.235 e. The summed E-state index contributed by atoms with van der Waals surface area (Å²) in [5.41, 5.74) is 2.18. The quantitative estimate of drug-likeness (QED) is 0.353. The summed E-state index contributed by atoms with van der Waals surface area (Å²) in [5, 5.41) is 5.07. The molecule has 1 aromatic heterocycles. The first-order valence-corrected chi connectivity index (χ1v) is 12.6. The van der Waals surface area contributed by atoms with Crippen LogP contribution < -0.4 is 0 Å². The highest BCUT2D eigenvalue weighted by Gasteiger charge is 2.26. The normalized spacial score (nSPS) is 15.7. The van der Waals surface area contributed by atoms with Gasteiger partial charge in [0.25, 0.3) is 0 Å². The number of nitrogens with zero attached hydrogens (tertiary/aromatic N) is 4. The Bertz CT molecular complexity index is 1080. The minimum Gasteiger partial charge on any atom is -0.339 e. The van der Waals surface area contributed by atoms with Gasteiger partial charge in [-0.25, -0.2) is 4.68 Å². The molecule has 31 heavy (non-hydrogen) atoms. The Kier molecular flexibility index (Phi) is 7.45. The van der Waals surface area contributed by atoms with Gasteiger partial charge in [0.2, 0.25) is 5.91 Å². The standard InChI is InChI=1S/C22H23ClN4OS3/c1-16(30-21-24-27(22(29)31-21)19-9-7-18(23)8-10-19)20(28)26-13-11-25(12-14-26)15-17-5-3-2-4-6-17/h2-10,16H,11-15H2,1H3. The average Bonchev–Trinajstić information content (AvgIpc) is 3.15. The highest BCUT2D eigenvalue weighted by molar-refractivity contribution is 8.02. The van der Waals surface area contributed by atoms with Crippen molar-refractivity contribution in [3.8, 4) is 5.69 Å². The second kappa shape index (κ2) is 10.3. The van der Waals surface area contributed by atoms with Crippen LogP contribution >= 0.6 is 46.9 Å². The summed E-state index contributed by atoms with van der Waals surface area (Å²) in [7, 11) is 0. The van der Waals surface area contributed by atoms with Crippen LogP contribution in [-0.4, -0.2) is 56.9 Å². The first-order chi connectivity index (χ1) is 15.0. The molecule has 1 saturated heterocycles. The number of piperazine rings is 1. The zero-order chi connectivity index (χ0) is 21.8. The average molecular weight is 491 g/mol. The number of hydrogen-bond acceptors (Lipinski definition) is 6. The van der Waals surface area contributed by atoms with E-state index in [-0.39, 0.29) is 11.2 Å². The SMILES string of the molecule is CC(Sc1nn(-c2ccc(Cl)cc2)c(=S)s1)C(=O)N1CCN(Cc2ccccc2)CC1. The molecule has 9 heteroatoms. The van der Waals surface area contributed by atoms with Crippen molar-refractivity contribution < 1.29 is 4.79 Å². The largest absolute Gasteiger partial charge is 0.339 e. The van der Waals surface area contributed by atoms with E-state index in [1.807, 2.05) is 42.2 Å². The Balaban J connectivity index is 1.32. The lowest BCUT2D eigenvalue weighted by Gasteiger charge is -2.35. The van der Waals surface area contributed by atoms with Gasteiger partial charge in [-0.2, -0.15) is 0 Å². The number of carbonyl (C=O) groups excluding carboxylic acids is 1. The van der Waals surface area contributed by atoms with E-state index in [0.29, 0.717) is 8.98 Å². The van der Waals surface area contributed by atoms with Gasteiger partial charge < -0.3 is 4.90 Å². The third-order valence-corrected chi connectivity index (χ3v) is 7.81.